The van der Waals surface area contributed by atoms with Gasteiger partial charge in [0, 0.05) is 6.54 Å². The van der Waals surface area contributed by atoms with Crippen LogP contribution in [0.2, 0.25) is 0 Å². The molecule has 168 valence electrons. The van der Waals surface area contributed by atoms with Gasteiger partial charge in [-0.05, 0) is 49.4 Å². The minimum Gasteiger partial charge on any atom is -0.348 e. The molecule has 2 heterocycles. The molecule has 1 aliphatic rings. The molecule has 0 saturated heterocycles. The lowest BCUT2D eigenvalue weighted by molar-refractivity contribution is -0.121. The summed E-state index contributed by atoms with van der Waals surface area (Å²) in [5.74, 6) is 0.400. The second-order valence-corrected chi connectivity index (χ2v) is 9.56. The van der Waals surface area contributed by atoms with Crippen LogP contribution in [0, 0.1) is 0 Å². The zero-order valence-electron chi connectivity index (χ0n) is 18.4. The highest BCUT2D eigenvalue weighted by Crippen LogP contribution is 2.31. The van der Waals surface area contributed by atoms with E-state index in [2.05, 4.69) is 34.2 Å². The summed E-state index contributed by atoms with van der Waals surface area (Å²) >= 11 is 1.34. The van der Waals surface area contributed by atoms with Gasteiger partial charge in [0.25, 0.3) is 5.56 Å². The topological polar surface area (TPSA) is 81.3 Å². The van der Waals surface area contributed by atoms with Crippen LogP contribution in [0.1, 0.15) is 36.9 Å². The molecule has 2 atom stereocenters. The zero-order valence-corrected chi connectivity index (χ0v) is 19.2. The molecule has 4 aromatic rings. The van der Waals surface area contributed by atoms with E-state index in [4.69, 9.17) is 0 Å². The normalized spacial score (nSPS) is 16.5. The maximum atomic E-state index is 13.1. The average molecular weight is 460 g/mol. The monoisotopic (exact) mass is 459 g/mol. The van der Waals surface area contributed by atoms with E-state index in [0.29, 0.717) is 22.9 Å². The second-order valence-electron chi connectivity index (χ2n) is 8.25. The molecular formula is C25H25N5O2S. The quantitative estimate of drug-likeness (QED) is 0.349. The fraction of sp³-hybridized carbons (Fsp3) is 0.280. The molecule has 0 aliphatic heterocycles. The van der Waals surface area contributed by atoms with E-state index >= 15 is 0 Å². The van der Waals surface area contributed by atoms with Crippen LogP contribution in [0.25, 0.3) is 16.7 Å². The number of nitrogens with zero attached hydrogens (tertiary/aromatic N) is 4. The molecule has 2 aromatic heterocycles. The highest BCUT2D eigenvalue weighted by molar-refractivity contribution is 8.00. The molecule has 2 unspecified atom stereocenters. The van der Waals surface area contributed by atoms with E-state index in [1.807, 2.05) is 41.7 Å². The molecule has 2 aromatic carbocycles. The van der Waals surface area contributed by atoms with Crippen molar-refractivity contribution in [1.29, 1.82) is 0 Å². The first kappa shape index (κ1) is 21.5. The molecule has 0 bridgehead atoms. The first-order valence-electron chi connectivity index (χ1n) is 11.1. The number of aromatic nitrogens is 4. The van der Waals surface area contributed by atoms with Crippen LogP contribution < -0.4 is 10.9 Å². The van der Waals surface area contributed by atoms with Gasteiger partial charge in [0.15, 0.2) is 5.16 Å². The number of hydrogen-bond donors (Lipinski definition) is 1. The minimum atomic E-state index is -0.384. The van der Waals surface area contributed by atoms with Gasteiger partial charge in [-0.15, -0.1) is 16.8 Å². The SMILES string of the molecule is C=CCn1c(=O)c2ccccc2n2c(SC(C)C(=O)NC3CCCc4ccccc43)nnc12. The van der Waals surface area contributed by atoms with Crippen LogP contribution in [-0.2, 0) is 17.8 Å². The van der Waals surface area contributed by atoms with Gasteiger partial charge in [-0.25, -0.2) is 0 Å². The van der Waals surface area contributed by atoms with Crippen molar-refractivity contribution in [3.8, 4) is 0 Å². The number of aryl methyl sites for hydroxylation is 1. The van der Waals surface area contributed by atoms with E-state index in [1.54, 1.807) is 16.7 Å². The van der Waals surface area contributed by atoms with E-state index in [-0.39, 0.29) is 22.8 Å². The number of hydrogen-bond acceptors (Lipinski definition) is 5. The molecule has 5 rings (SSSR count). The standard InChI is InChI=1S/C25H25N5O2S/c1-3-15-29-23(32)19-12-6-7-14-21(19)30-24(29)27-28-25(30)33-16(2)22(31)26-20-13-8-10-17-9-4-5-11-18(17)20/h3-7,9,11-12,14,16,20H,1,8,10,13,15H2,2H3,(H,26,31). The summed E-state index contributed by atoms with van der Waals surface area (Å²) in [6, 6.07) is 15.7. The molecule has 1 N–H and O–H groups in total. The van der Waals surface area contributed by atoms with Gasteiger partial charge in [0.2, 0.25) is 11.7 Å². The van der Waals surface area contributed by atoms with E-state index < -0.39 is 0 Å². The maximum absolute atomic E-state index is 13.1. The van der Waals surface area contributed by atoms with E-state index in [0.717, 1.165) is 24.8 Å². The van der Waals surface area contributed by atoms with Gasteiger partial charge in [-0.2, -0.15) is 0 Å². The molecule has 0 radical (unpaired) electrons. The van der Waals surface area contributed by atoms with Crippen molar-refractivity contribution >= 4 is 34.3 Å². The number of thioether (sulfide) groups is 1. The summed E-state index contributed by atoms with van der Waals surface area (Å²) in [5.41, 5.74) is 3.11. The number of allylic oxidation sites excluding steroid dienone is 1. The summed E-state index contributed by atoms with van der Waals surface area (Å²) in [6.07, 6.45) is 4.71. The molecule has 1 amide bonds. The van der Waals surface area contributed by atoms with Crippen LogP contribution in [0.15, 0.2) is 71.1 Å². The fourth-order valence-electron chi connectivity index (χ4n) is 4.51. The first-order valence-corrected chi connectivity index (χ1v) is 12.0. The Kier molecular flexibility index (Phi) is 5.76. The number of amides is 1. The smallest absolute Gasteiger partial charge is 0.263 e. The molecule has 0 saturated carbocycles. The van der Waals surface area contributed by atoms with Crippen molar-refractivity contribution in [2.24, 2.45) is 0 Å². The number of nitrogens with one attached hydrogen (secondary N) is 1. The summed E-state index contributed by atoms with van der Waals surface area (Å²) < 4.78 is 3.40. The number of para-hydroxylation sites is 1. The van der Waals surface area contributed by atoms with Crippen molar-refractivity contribution in [3.63, 3.8) is 0 Å². The zero-order chi connectivity index (χ0) is 22.9. The third kappa shape index (κ3) is 3.84. The highest BCUT2D eigenvalue weighted by Gasteiger charge is 2.26. The van der Waals surface area contributed by atoms with Crippen LogP contribution >= 0.6 is 11.8 Å². The largest absolute Gasteiger partial charge is 0.348 e. The Labute approximate surface area is 195 Å². The lowest BCUT2D eigenvalue weighted by Crippen LogP contribution is -2.36. The number of rotatable bonds is 6. The third-order valence-electron chi connectivity index (χ3n) is 6.13. The Morgan fingerprint density at radius 3 is 2.88 bits per heavy atom. The molecular weight excluding hydrogens is 434 g/mol. The fourth-order valence-corrected chi connectivity index (χ4v) is 5.37. The van der Waals surface area contributed by atoms with Gasteiger partial charge >= 0.3 is 0 Å². The minimum absolute atomic E-state index is 0.0271. The average Bonchev–Trinajstić information content (AvgIpc) is 3.25. The van der Waals surface area contributed by atoms with Gasteiger partial charge in [0.05, 0.1) is 22.2 Å². The van der Waals surface area contributed by atoms with E-state index in [1.165, 1.54) is 22.9 Å². The molecule has 0 spiro atoms. The van der Waals surface area contributed by atoms with Gasteiger partial charge in [-0.3, -0.25) is 18.6 Å². The highest BCUT2D eigenvalue weighted by atomic mass is 32.2. The lowest BCUT2D eigenvalue weighted by Gasteiger charge is -2.27. The molecule has 1 aliphatic carbocycles. The van der Waals surface area contributed by atoms with Gasteiger partial charge < -0.3 is 5.32 Å². The Morgan fingerprint density at radius 1 is 1.24 bits per heavy atom. The van der Waals surface area contributed by atoms with Gasteiger partial charge in [0.1, 0.15) is 0 Å². The molecule has 33 heavy (non-hydrogen) atoms. The number of carbonyl (C=O) groups excluding carboxylic acids is 1. The number of carbonyl (C=O) groups is 1. The summed E-state index contributed by atoms with van der Waals surface area (Å²) in [6.45, 7) is 5.96. The number of fused-ring (bicyclic) bond motifs is 4. The lowest BCUT2D eigenvalue weighted by atomic mass is 9.88. The van der Waals surface area contributed by atoms with Crippen molar-refractivity contribution in [3.05, 3.63) is 82.7 Å². The predicted octanol–water partition coefficient (Wildman–Crippen LogP) is 3.90. The third-order valence-corrected chi connectivity index (χ3v) is 7.17. The van der Waals surface area contributed by atoms with Crippen molar-refractivity contribution in [2.45, 2.75) is 49.2 Å². The first-order chi connectivity index (χ1) is 16.1. The van der Waals surface area contributed by atoms with E-state index in [9.17, 15) is 9.59 Å². The van der Waals surface area contributed by atoms with Crippen LogP contribution in [0.3, 0.4) is 0 Å². The Morgan fingerprint density at radius 2 is 2.03 bits per heavy atom. The Hall–Kier alpha value is -3.39. The molecule has 8 heteroatoms. The second kappa shape index (κ2) is 8.86. The van der Waals surface area contributed by atoms with Crippen molar-refractivity contribution in [1.82, 2.24) is 24.5 Å². The predicted molar refractivity (Wildman–Crippen MR) is 131 cm³/mol. The Bertz CT molecular complexity index is 1420. The molecule has 7 nitrogen and oxygen atoms in total. The van der Waals surface area contributed by atoms with Crippen LogP contribution in [0.5, 0.6) is 0 Å². The van der Waals surface area contributed by atoms with Crippen molar-refractivity contribution < 1.29 is 4.79 Å². The van der Waals surface area contributed by atoms with Gasteiger partial charge in [-0.1, -0.05) is 54.2 Å². The van der Waals surface area contributed by atoms with Crippen LogP contribution in [-0.4, -0.2) is 30.3 Å². The Balaban J connectivity index is 1.45. The van der Waals surface area contributed by atoms with Crippen LogP contribution in [0.4, 0.5) is 0 Å². The summed E-state index contributed by atoms with van der Waals surface area (Å²) in [7, 11) is 0. The number of benzene rings is 2. The summed E-state index contributed by atoms with van der Waals surface area (Å²) in [5, 5.41) is 12.6. The maximum Gasteiger partial charge on any atom is 0.263 e. The molecule has 0 fully saturated rings. The van der Waals surface area contributed by atoms with Crippen molar-refractivity contribution in [2.75, 3.05) is 0 Å². The summed E-state index contributed by atoms with van der Waals surface area (Å²) in [4.78, 5) is 26.1.